The van der Waals surface area contributed by atoms with Gasteiger partial charge in [-0.2, -0.15) is 0 Å². The molecule has 62 valence electrons. The molecule has 0 amide bonds. The van der Waals surface area contributed by atoms with Crippen LogP contribution in [0.3, 0.4) is 0 Å². The van der Waals surface area contributed by atoms with Gasteiger partial charge in [-0.1, -0.05) is 0 Å². The number of nitrogens with zero attached hydrogens (tertiary/aromatic N) is 3. The van der Waals surface area contributed by atoms with Crippen molar-refractivity contribution in [3.63, 3.8) is 0 Å². The van der Waals surface area contributed by atoms with Gasteiger partial charge in [-0.25, -0.2) is 4.98 Å². The zero-order valence-electron chi connectivity index (χ0n) is 7.01. The monoisotopic (exact) mass is 181 g/mol. The van der Waals surface area contributed by atoms with E-state index in [0.29, 0.717) is 0 Å². The Morgan fingerprint density at radius 2 is 2.08 bits per heavy atom. The first-order valence-corrected chi connectivity index (χ1v) is 2.94. The molecule has 0 N–H and O–H groups in total. The Balaban J connectivity index is 0. The Kier molecular flexibility index (Phi) is 9.90. The van der Waals surface area contributed by atoms with Crippen LogP contribution in [0, 0.1) is 15.3 Å². The van der Waals surface area contributed by atoms with Crippen molar-refractivity contribution in [3.8, 4) is 0 Å². The van der Waals surface area contributed by atoms with Crippen LogP contribution in [0.2, 0.25) is 0 Å². The summed E-state index contributed by atoms with van der Waals surface area (Å²) in [5.41, 5.74) is 0. The molecule has 0 fully saturated rings. The van der Waals surface area contributed by atoms with Crippen LogP contribution < -0.4 is 29.6 Å². The molecule has 0 aliphatic rings. The summed E-state index contributed by atoms with van der Waals surface area (Å²) in [5.74, 6) is 0. The molecule has 1 aromatic rings. The van der Waals surface area contributed by atoms with Crippen molar-refractivity contribution in [1.29, 1.82) is 0 Å². The van der Waals surface area contributed by atoms with E-state index in [4.69, 9.17) is 15.3 Å². The van der Waals surface area contributed by atoms with E-state index in [0.717, 1.165) is 6.54 Å². The third kappa shape index (κ3) is 9.41. The van der Waals surface area contributed by atoms with Crippen LogP contribution in [-0.4, -0.2) is 14.6 Å². The van der Waals surface area contributed by atoms with E-state index in [-0.39, 0.29) is 29.6 Å². The minimum Gasteiger partial charge on any atom is -0.356 e. The van der Waals surface area contributed by atoms with Crippen LogP contribution in [0.5, 0.6) is 0 Å². The van der Waals surface area contributed by atoms with Crippen molar-refractivity contribution in [3.05, 3.63) is 34.0 Å². The van der Waals surface area contributed by atoms with Crippen LogP contribution in [0.25, 0.3) is 0 Å². The number of rotatable bonds is 1. The van der Waals surface area contributed by atoms with Gasteiger partial charge in [0.25, 0.3) is 0 Å². The topological polar surface area (TPSA) is 84.0 Å². The van der Waals surface area contributed by atoms with Gasteiger partial charge < -0.3 is 19.9 Å². The molecule has 0 saturated carbocycles. The second kappa shape index (κ2) is 8.51. The van der Waals surface area contributed by atoms with Gasteiger partial charge in [0.05, 0.1) is 11.4 Å². The summed E-state index contributed by atoms with van der Waals surface area (Å²) < 4.78 is 2.01. The molecule has 12 heavy (non-hydrogen) atoms. The fourth-order valence-corrected chi connectivity index (χ4v) is 0.474. The van der Waals surface area contributed by atoms with E-state index >= 15 is 0 Å². The van der Waals surface area contributed by atoms with Crippen LogP contribution in [0.1, 0.15) is 6.92 Å². The zero-order chi connectivity index (χ0) is 8.69. The summed E-state index contributed by atoms with van der Waals surface area (Å²) in [5, 5.41) is 14.8. The third-order valence-corrected chi connectivity index (χ3v) is 0.924. The van der Waals surface area contributed by atoms with Gasteiger partial charge in [-0.3, -0.25) is 0 Å². The molecule has 0 aliphatic heterocycles. The second-order valence-electron chi connectivity index (χ2n) is 1.62. The summed E-state index contributed by atoms with van der Waals surface area (Å²) >= 11 is 0. The Hall–Kier alpha value is -0.590. The fourth-order valence-electron chi connectivity index (χ4n) is 0.474. The van der Waals surface area contributed by atoms with Crippen LogP contribution >= 0.6 is 0 Å². The first-order chi connectivity index (χ1) is 5.16. The standard InChI is InChI=1S/C5H8N2.NO3.Na/c1-2-7-4-3-6-5-7;2-1(3)4;/h3-5H,2H2,1H3;;/q;-1;+1. The number of hydrogen-bond acceptors (Lipinski definition) is 4. The largest absolute Gasteiger partial charge is 1.00 e. The third-order valence-electron chi connectivity index (χ3n) is 0.924. The summed E-state index contributed by atoms with van der Waals surface area (Å²) in [6.45, 7) is 3.10. The zero-order valence-corrected chi connectivity index (χ0v) is 9.01. The number of imidazole rings is 1. The van der Waals surface area contributed by atoms with Crippen molar-refractivity contribution in [2.75, 3.05) is 0 Å². The maximum Gasteiger partial charge on any atom is 1.00 e. The summed E-state index contributed by atoms with van der Waals surface area (Å²) in [6.07, 6.45) is 5.53. The van der Waals surface area contributed by atoms with E-state index in [1.165, 1.54) is 0 Å². The molecule has 1 rings (SSSR count). The molecule has 0 atom stereocenters. The first-order valence-electron chi connectivity index (χ1n) is 2.94. The molecule has 1 aromatic heterocycles. The number of aromatic nitrogens is 2. The van der Waals surface area contributed by atoms with Crippen molar-refractivity contribution in [2.24, 2.45) is 0 Å². The van der Waals surface area contributed by atoms with Crippen LogP contribution in [0.15, 0.2) is 18.7 Å². The molecule has 6 nitrogen and oxygen atoms in total. The average Bonchev–Trinajstić information content (AvgIpc) is 2.36. The molecule has 0 spiro atoms. The van der Waals surface area contributed by atoms with E-state index in [2.05, 4.69) is 11.9 Å². The Labute approximate surface area is 91.6 Å². The Morgan fingerprint density at radius 1 is 1.58 bits per heavy atom. The SMILES string of the molecule is CCn1ccnc1.O=[N+]([O-])[O-].[Na+]. The smallest absolute Gasteiger partial charge is 0.356 e. The molecule has 0 aliphatic carbocycles. The van der Waals surface area contributed by atoms with Crippen LogP contribution in [-0.2, 0) is 6.54 Å². The molecular weight excluding hydrogens is 173 g/mol. The van der Waals surface area contributed by atoms with Crippen LogP contribution in [0.4, 0.5) is 0 Å². The summed E-state index contributed by atoms with van der Waals surface area (Å²) in [4.78, 5) is 12.1. The number of hydrogen-bond donors (Lipinski definition) is 0. The van der Waals surface area contributed by atoms with E-state index < -0.39 is 5.09 Å². The molecule has 0 unspecified atom stereocenters. The van der Waals surface area contributed by atoms with E-state index in [9.17, 15) is 0 Å². The van der Waals surface area contributed by atoms with E-state index in [1.807, 2.05) is 10.8 Å². The Bertz CT molecular complexity index is 198. The van der Waals surface area contributed by atoms with Crippen molar-refractivity contribution in [1.82, 2.24) is 9.55 Å². The molecule has 7 heteroatoms. The van der Waals surface area contributed by atoms with Gasteiger partial charge in [0.2, 0.25) is 0 Å². The maximum absolute atomic E-state index is 8.25. The first kappa shape index (κ1) is 14.0. The molecule has 0 bridgehead atoms. The molecular formula is C5H8N3NaO3. The summed E-state index contributed by atoms with van der Waals surface area (Å²) in [6, 6.07) is 0. The maximum atomic E-state index is 8.25. The van der Waals surface area contributed by atoms with Gasteiger partial charge in [-0.05, 0) is 6.92 Å². The molecule has 0 aromatic carbocycles. The fraction of sp³-hybridized carbons (Fsp3) is 0.400. The molecule has 0 radical (unpaired) electrons. The van der Waals surface area contributed by atoms with Gasteiger partial charge in [0.1, 0.15) is 0 Å². The predicted octanol–water partition coefficient (Wildman–Crippen LogP) is -2.33. The van der Waals surface area contributed by atoms with Crippen molar-refractivity contribution < 1.29 is 34.6 Å². The average molecular weight is 181 g/mol. The second-order valence-corrected chi connectivity index (χ2v) is 1.62. The summed E-state index contributed by atoms with van der Waals surface area (Å²) in [7, 11) is 0. The van der Waals surface area contributed by atoms with Gasteiger partial charge in [0, 0.05) is 18.9 Å². The van der Waals surface area contributed by atoms with Gasteiger partial charge >= 0.3 is 29.6 Å². The van der Waals surface area contributed by atoms with Crippen molar-refractivity contribution >= 4 is 0 Å². The predicted molar refractivity (Wildman–Crippen MR) is 38.3 cm³/mol. The van der Waals surface area contributed by atoms with E-state index in [1.54, 1.807) is 12.5 Å². The quantitative estimate of drug-likeness (QED) is 0.276. The molecule has 0 saturated heterocycles. The molecule has 1 heterocycles. The Morgan fingerprint density at radius 3 is 2.25 bits per heavy atom. The number of aryl methyl sites for hydroxylation is 1. The van der Waals surface area contributed by atoms with Gasteiger partial charge in [0.15, 0.2) is 0 Å². The normalized spacial score (nSPS) is 7.42. The van der Waals surface area contributed by atoms with Gasteiger partial charge in [-0.15, -0.1) is 0 Å². The minimum atomic E-state index is -1.75. The minimum absolute atomic E-state index is 0. The van der Waals surface area contributed by atoms with Crippen molar-refractivity contribution in [2.45, 2.75) is 13.5 Å².